The molecule has 2 aromatic rings. The van der Waals surface area contributed by atoms with Crippen LogP contribution in [0.3, 0.4) is 0 Å². The van der Waals surface area contributed by atoms with Crippen molar-refractivity contribution >= 4 is 62.3 Å². The lowest BCUT2D eigenvalue weighted by Gasteiger charge is -2.31. The van der Waals surface area contributed by atoms with Crippen molar-refractivity contribution in [1.29, 1.82) is 0 Å². The van der Waals surface area contributed by atoms with Crippen LogP contribution in [0.25, 0.3) is 0 Å². The van der Waals surface area contributed by atoms with Gasteiger partial charge < -0.3 is 10.2 Å². The molecule has 0 unspecified atom stereocenters. The Kier molecular flexibility index (Phi) is 12.5. The number of anilines is 1. The number of carbonyl (C=O) groups excluding carboxylic acids is 2. The van der Waals surface area contributed by atoms with E-state index in [1.54, 1.807) is 42.5 Å². The molecule has 204 valence electrons. The molecule has 0 aliphatic carbocycles. The van der Waals surface area contributed by atoms with Gasteiger partial charge in [-0.2, -0.15) is 0 Å². The third-order valence-corrected chi connectivity index (χ3v) is 8.03. The molecule has 0 saturated heterocycles. The molecule has 0 aliphatic rings. The highest BCUT2D eigenvalue weighted by atomic mass is 35.5. The molecule has 7 nitrogen and oxygen atoms in total. The van der Waals surface area contributed by atoms with Gasteiger partial charge in [-0.25, -0.2) is 8.42 Å². The van der Waals surface area contributed by atoms with Crippen molar-refractivity contribution in [2.75, 3.05) is 23.7 Å². The topological polar surface area (TPSA) is 86.8 Å². The number of benzene rings is 2. The maximum Gasteiger partial charge on any atom is 0.242 e. The number of nitrogens with zero attached hydrogens (tertiary/aromatic N) is 2. The number of rotatable bonds is 14. The quantitative estimate of drug-likeness (QED) is 0.277. The highest BCUT2D eigenvalue weighted by Gasteiger charge is 2.29. The van der Waals surface area contributed by atoms with Crippen molar-refractivity contribution < 1.29 is 18.0 Å². The summed E-state index contributed by atoms with van der Waals surface area (Å²) in [6.45, 7) is 4.54. The van der Waals surface area contributed by atoms with Crippen LogP contribution in [-0.4, -0.2) is 50.5 Å². The summed E-state index contributed by atoms with van der Waals surface area (Å²) in [5.74, 6) is -0.538. The molecule has 0 heterocycles. The van der Waals surface area contributed by atoms with Crippen LogP contribution in [0.2, 0.25) is 15.1 Å². The van der Waals surface area contributed by atoms with Gasteiger partial charge in [0.2, 0.25) is 21.8 Å². The fourth-order valence-electron chi connectivity index (χ4n) is 3.89. The summed E-state index contributed by atoms with van der Waals surface area (Å²) >= 11 is 18.7. The van der Waals surface area contributed by atoms with Gasteiger partial charge in [-0.05, 0) is 55.7 Å². The minimum absolute atomic E-state index is 0.0282. The molecule has 2 aromatic carbocycles. The van der Waals surface area contributed by atoms with Crippen LogP contribution in [0.5, 0.6) is 0 Å². The van der Waals surface area contributed by atoms with Crippen molar-refractivity contribution in [2.45, 2.75) is 58.5 Å². The van der Waals surface area contributed by atoms with Crippen LogP contribution in [0.15, 0.2) is 42.5 Å². The predicted octanol–water partition coefficient (Wildman–Crippen LogP) is 5.92. The third-order valence-electron chi connectivity index (χ3n) is 5.87. The summed E-state index contributed by atoms with van der Waals surface area (Å²) in [6, 6.07) is 10.8. The first-order valence-corrected chi connectivity index (χ1v) is 15.2. The number of amides is 2. The summed E-state index contributed by atoms with van der Waals surface area (Å²) in [4.78, 5) is 28.0. The number of nitrogens with one attached hydrogen (secondary N) is 1. The number of halogens is 3. The van der Waals surface area contributed by atoms with Gasteiger partial charge in [0.05, 0.1) is 11.9 Å². The van der Waals surface area contributed by atoms with Gasteiger partial charge in [0.15, 0.2) is 0 Å². The highest BCUT2D eigenvalue weighted by Crippen LogP contribution is 2.28. The molecule has 0 saturated carbocycles. The molecule has 1 atom stereocenters. The predicted molar refractivity (Wildman–Crippen MR) is 152 cm³/mol. The number of hydrogen-bond donors (Lipinski definition) is 1. The molecule has 37 heavy (non-hydrogen) atoms. The fourth-order valence-corrected chi connectivity index (χ4v) is 5.50. The second-order valence-electron chi connectivity index (χ2n) is 8.71. The van der Waals surface area contributed by atoms with Gasteiger partial charge >= 0.3 is 0 Å². The Labute approximate surface area is 235 Å². The first-order valence-electron chi connectivity index (χ1n) is 12.2. The summed E-state index contributed by atoms with van der Waals surface area (Å²) in [6.07, 6.45) is 3.54. The SMILES string of the molecule is CCCCNC(=O)[C@@H](CC)N(Cc1c(Cl)cccc1Cl)C(=O)CCCN(c1ccc(Cl)cc1)S(C)(=O)=O. The molecule has 2 amide bonds. The summed E-state index contributed by atoms with van der Waals surface area (Å²) < 4.78 is 26.1. The number of unbranched alkanes of at least 4 members (excludes halogenated alkanes) is 1. The Morgan fingerprint density at radius 2 is 1.59 bits per heavy atom. The Morgan fingerprint density at radius 1 is 0.973 bits per heavy atom. The molecule has 2 rings (SSSR count). The average molecular weight is 591 g/mol. The van der Waals surface area contributed by atoms with E-state index in [-0.39, 0.29) is 37.7 Å². The second-order valence-corrected chi connectivity index (χ2v) is 11.9. The van der Waals surface area contributed by atoms with Gasteiger partial charge in [0.25, 0.3) is 0 Å². The molecular formula is C26H34Cl3N3O4S. The minimum Gasteiger partial charge on any atom is -0.354 e. The zero-order chi connectivity index (χ0) is 27.6. The van der Waals surface area contributed by atoms with Crippen LogP contribution >= 0.6 is 34.8 Å². The largest absolute Gasteiger partial charge is 0.354 e. The zero-order valence-corrected chi connectivity index (χ0v) is 24.4. The van der Waals surface area contributed by atoms with E-state index < -0.39 is 16.1 Å². The van der Waals surface area contributed by atoms with Crippen LogP contribution in [0, 0.1) is 0 Å². The monoisotopic (exact) mass is 589 g/mol. The summed E-state index contributed by atoms with van der Waals surface area (Å²) in [5, 5.41) is 4.20. The zero-order valence-electron chi connectivity index (χ0n) is 21.3. The third kappa shape index (κ3) is 9.36. The molecule has 0 aliphatic heterocycles. The minimum atomic E-state index is -3.59. The standard InChI is InChI=1S/C26H34Cl3N3O4S/c1-4-6-16-30-26(34)24(5-2)31(18-21-22(28)9-7-10-23(21)29)25(33)11-8-17-32(37(3,35)36)20-14-12-19(27)13-15-20/h7,9-10,12-15,24H,4-6,8,11,16-18H2,1-3H3,(H,30,34)/t24-/m1/s1. The summed E-state index contributed by atoms with van der Waals surface area (Å²) in [5.41, 5.74) is 1.01. The molecule has 11 heteroatoms. The Balaban J connectivity index is 2.24. The first kappa shape index (κ1) is 31.2. The van der Waals surface area contributed by atoms with E-state index in [9.17, 15) is 18.0 Å². The molecule has 1 N–H and O–H groups in total. The van der Waals surface area contributed by atoms with Crippen LogP contribution < -0.4 is 9.62 Å². The maximum absolute atomic E-state index is 13.5. The number of hydrogen-bond acceptors (Lipinski definition) is 4. The molecule has 0 spiro atoms. The van der Waals surface area contributed by atoms with Gasteiger partial charge in [-0.3, -0.25) is 13.9 Å². The fraction of sp³-hybridized carbons (Fsp3) is 0.462. The van der Waals surface area contributed by atoms with Gasteiger partial charge in [0.1, 0.15) is 6.04 Å². The van der Waals surface area contributed by atoms with Crippen molar-refractivity contribution in [3.05, 3.63) is 63.1 Å². The van der Waals surface area contributed by atoms with Crippen LogP contribution in [0.1, 0.15) is 51.5 Å². The Hall–Kier alpha value is -2.00. The lowest BCUT2D eigenvalue weighted by molar-refractivity contribution is -0.141. The van der Waals surface area contributed by atoms with Crippen molar-refractivity contribution in [2.24, 2.45) is 0 Å². The maximum atomic E-state index is 13.5. The molecule has 0 bridgehead atoms. The molecule has 0 aromatic heterocycles. The van der Waals surface area contributed by atoms with Crippen LogP contribution in [-0.2, 0) is 26.2 Å². The van der Waals surface area contributed by atoms with Crippen molar-refractivity contribution in [3.8, 4) is 0 Å². The number of carbonyl (C=O) groups is 2. The lowest BCUT2D eigenvalue weighted by atomic mass is 10.1. The van der Waals surface area contributed by atoms with E-state index in [0.717, 1.165) is 19.1 Å². The normalized spacial score (nSPS) is 12.2. The number of sulfonamides is 1. The smallest absolute Gasteiger partial charge is 0.242 e. The van der Waals surface area contributed by atoms with E-state index in [1.165, 1.54) is 9.21 Å². The van der Waals surface area contributed by atoms with E-state index >= 15 is 0 Å². The molecule has 0 radical (unpaired) electrons. The van der Waals surface area contributed by atoms with E-state index in [1.807, 2.05) is 13.8 Å². The average Bonchev–Trinajstić information content (AvgIpc) is 2.83. The van der Waals surface area contributed by atoms with Gasteiger partial charge in [-0.1, -0.05) is 61.1 Å². The van der Waals surface area contributed by atoms with Gasteiger partial charge in [0, 0.05) is 46.7 Å². The van der Waals surface area contributed by atoms with Crippen LogP contribution in [0.4, 0.5) is 5.69 Å². The highest BCUT2D eigenvalue weighted by molar-refractivity contribution is 7.92. The Morgan fingerprint density at radius 3 is 2.14 bits per heavy atom. The molecule has 0 fully saturated rings. The second kappa shape index (κ2) is 14.8. The van der Waals surface area contributed by atoms with E-state index in [0.29, 0.717) is 39.3 Å². The molecular weight excluding hydrogens is 557 g/mol. The van der Waals surface area contributed by atoms with Gasteiger partial charge in [-0.15, -0.1) is 0 Å². The van der Waals surface area contributed by atoms with E-state index in [4.69, 9.17) is 34.8 Å². The van der Waals surface area contributed by atoms with Crippen molar-refractivity contribution in [1.82, 2.24) is 10.2 Å². The first-order chi connectivity index (χ1) is 17.5. The summed E-state index contributed by atoms with van der Waals surface area (Å²) in [7, 11) is -3.59. The van der Waals surface area contributed by atoms with E-state index in [2.05, 4.69) is 5.32 Å². The van der Waals surface area contributed by atoms with Crippen molar-refractivity contribution in [3.63, 3.8) is 0 Å². The lowest BCUT2D eigenvalue weighted by Crippen LogP contribution is -2.49. The Bertz CT molecular complexity index is 1140.